The summed E-state index contributed by atoms with van der Waals surface area (Å²) < 4.78 is 13.0. The molecule has 0 unspecified atom stereocenters. The molecular weight excluding hydrogens is 514 g/mol. The van der Waals surface area contributed by atoms with Crippen molar-refractivity contribution >= 4 is 5.91 Å². The molecule has 0 aliphatic carbocycles. The number of rotatable bonds is 11. The highest BCUT2D eigenvalue weighted by atomic mass is 16.7. The molecule has 0 radical (unpaired) electrons. The average Bonchev–Trinajstić information content (AvgIpc) is 3.03. The van der Waals surface area contributed by atoms with Crippen molar-refractivity contribution in [2.45, 2.75) is 44.5 Å². The van der Waals surface area contributed by atoms with Crippen LogP contribution in [-0.2, 0) is 29.0 Å². The lowest BCUT2D eigenvalue weighted by Crippen LogP contribution is -2.38. The number of nitrogens with zero attached hydrogens (tertiary/aromatic N) is 2. The maximum atomic E-state index is 12.4. The number of ether oxygens (including phenoxy) is 2. The number of likely N-dealkylation sites (N-methyl/N-ethyl adjacent to an activating group) is 1. The largest absolute Gasteiger partial charge is 0.392 e. The summed E-state index contributed by atoms with van der Waals surface area (Å²) in [5.74, 6) is -0.0984. The third-order valence-electron chi connectivity index (χ3n) is 7.35. The first-order valence-electron chi connectivity index (χ1n) is 14.1. The summed E-state index contributed by atoms with van der Waals surface area (Å²) >= 11 is 0. The van der Waals surface area contributed by atoms with Crippen molar-refractivity contribution in [3.8, 4) is 0 Å². The molecule has 212 valence electrons. The summed E-state index contributed by atoms with van der Waals surface area (Å²) in [5.41, 5.74) is 5.58. The minimum atomic E-state index is -0.520. The van der Waals surface area contributed by atoms with Crippen LogP contribution in [0, 0.1) is 0 Å². The Morgan fingerprint density at radius 3 is 2.32 bits per heavy atom. The van der Waals surface area contributed by atoms with Gasteiger partial charge < -0.3 is 24.8 Å². The number of aliphatic hydroxyl groups is 1. The van der Waals surface area contributed by atoms with Gasteiger partial charge in [0.25, 0.3) is 5.91 Å². The number of aromatic nitrogens is 1. The molecule has 3 aromatic carbocycles. The molecule has 0 saturated carbocycles. The van der Waals surface area contributed by atoms with Crippen LogP contribution < -0.4 is 5.32 Å². The maximum Gasteiger partial charge on any atom is 0.251 e. The second-order valence-corrected chi connectivity index (χ2v) is 10.5. The summed E-state index contributed by atoms with van der Waals surface area (Å²) in [7, 11) is 2.11. The Bertz CT molecular complexity index is 1370. The second-order valence-electron chi connectivity index (χ2n) is 10.5. The standard InChI is InChI=1S/C34H37N3O4/c1-37(20-18-30-9-5-6-19-35-30)23-31-21-32(27-14-12-26(24-38)13-15-27)41-34(40-31)29-16-10-25(11-17-29)22-36-33(39)28-7-3-2-4-8-28/h2-17,19,31-32,34,38H,18,20-24H2,1H3,(H,36,39)/t31-,32+,34+/m0/s1. The van der Waals surface area contributed by atoms with Crippen LogP contribution >= 0.6 is 0 Å². The van der Waals surface area contributed by atoms with E-state index in [4.69, 9.17) is 9.47 Å². The van der Waals surface area contributed by atoms with Gasteiger partial charge in [0.2, 0.25) is 0 Å². The van der Waals surface area contributed by atoms with E-state index >= 15 is 0 Å². The highest BCUT2D eigenvalue weighted by Crippen LogP contribution is 2.38. The van der Waals surface area contributed by atoms with Crippen molar-refractivity contribution in [1.29, 1.82) is 0 Å². The second kappa shape index (κ2) is 14.1. The zero-order valence-corrected chi connectivity index (χ0v) is 23.4. The molecule has 0 spiro atoms. The van der Waals surface area contributed by atoms with E-state index in [-0.39, 0.29) is 24.7 Å². The summed E-state index contributed by atoms with van der Waals surface area (Å²) in [6.45, 7) is 2.09. The third kappa shape index (κ3) is 8.08. The number of carbonyl (C=O) groups excluding carboxylic acids is 1. The molecule has 1 aliphatic heterocycles. The fourth-order valence-electron chi connectivity index (χ4n) is 4.99. The molecule has 1 saturated heterocycles. The van der Waals surface area contributed by atoms with Crippen LogP contribution in [0.4, 0.5) is 0 Å². The van der Waals surface area contributed by atoms with E-state index in [2.05, 4.69) is 28.3 Å². The normalized spacial score (nSPS) is 18.8. The minimum Gasteiger partial charge on any atom is -0.392 e. The number of hydrogen-bond acceptors (Lipinski definition) is 6. The summed E-state index contributed by atoms with van der Waals surface area (Å²) in [6, 6.07) is 31.2. The minimum absolute atomic E-state index is 0.0133. The Hall–Kier alpha value is -3.88. The first kappa shape index (κ1) is 28.6. The van der Waals surface area contributed by atoms with E-state index in [0.29, 0.717) is 12.1 Å². The van der Waals surface area contributed by atoms with E-state index < -0.39 is 6.29 Å². The predicted molar refractivity (Wildman–Crippen MR) is 158 cm³/mol. The fraction of sp³-hybridized carbons (Fsp3) is 0.294. The molecule has 1 fully saturated rings. The van der Waals surface area contributed by atoms with Gasteiger partial charge in [-0.3, -0.25) is 9.78 Å². The zero-order valence-electron chi connectivity index (χ0n) is 23.4. The van der Waals surface area contributed by atoms with Gasteiger partial charge in [0.1, 0.15) is 0 Å². The van der Waals surface area contributed by atoms with Gasteiger partial charge in [-0.25, -0.2) is 0 Å². The number of benzene rings is 3. The highest BCUT2D eigenvalue weighted by molar-refractivity contribution is 5.94. The lowest BCUT2D eigenvalue weighted by Gasteiger charge is -2.38. The number of nitrogens with one attached hydrogen (secondary N) is 1. The summed E-state index contributed by atoms with van der Waals surface area (Å²) in [4.78, 5) is 19.1. The van der Waals surface area contributed by atoms with Crippen LogP contribution in [0.25, 0.3) is 0 Å². The van der Waals surface area contributed by atoms with Gasteiger partial charge in [-0.2, -0.15) is 0 Å². The van der Waals surface area contributed by atoms with Gasteiger partial charge in [-0.05, 0) is 48.0 Å². The van der Waals surface area contributed by atoms with Gasteiger partial charge in [-0.15, -0.1) is 0 Å². The maximum absolute atomic E-state index is 12.4. The van der Waals surface area contributed by atoms with Crippen molar-refractivity contribution in [1.82, 2.24) is 15.2 Å². The van der Waals surface area contributed by atoms with Crippen molar-refractivity contribution in [3.63, 3.8) is 0 Å². The van der Waals surface area contributed by atoms with Gasteiger partial charge in [0, 0.05) is 55.5 Å². The topological polar surface area (TPSA) is 83.9 Å². The third-order valence-corrected chi connectivity index (χ3v) is 7.35. The summed E-state index contributed by atoms with van der Waals surface area (Å²) in [6.07, 6.45) is 2.74. The van der Waals surface area contributed by atoms with Crippen molar-refractivity contribution in [3.05, 3.63) is 137 Å². The zero-order chi connectivity index (χ0) is 28.4. The van der Waals surface area contributed by atoms with Crippen LogP contribution in [0.1, 0.15) is 57.1 Å². The Morgan fingerprint density at radius 1 is 0.902 bits per heavy atom. The molecule has 4 aromatic rings. The number of hydrogen-bond donors (Lipinski definition) is 2. The van der Waals surface area contributed by atoms with E-state index in [0.717, 1.165) is 53.9 Å². The monoisotopic (exact) mass is 551 g/mol. The molecule has 2 heterocycles. The van der Waals surface area contributed by atoms with Gasteiger partial charge in [0.15, 0.2) is 6.29 Å². The number of carbonyl (C=O) groups is 1. The van der Waals surface area contributed by atoms with Crippen LogP contribution in [0.2, 0.25) is 0 Å². The number of aliphatic hydroxyl groups excluding tert-OH is 1. The average molecular weight is 552 g/mol. The molecule has 0 bridgehead atoms. The Morgan fingerprint density at radius 2 is 1.61 bits per heavy atom. The molecule has 3 atom stereocenters. The molecule has 2 N–H and O–H groups in total. The quantitative estimate of drug-likeness (QED) is 0.266. The van der Waals surface area contributed by atoms with Gasteiger partial charge >= 0.3 is 0 Å². The van der Waals surface area contributed by atoms with E-state index in [9.17, 15) is 9.90 Å². The van der Waals surface area contributed by atoms with Crippen molar-refractivity contribution in [2.75, 3.05) is 20.1 Å². The van der Waals surface area contributed by atoms with E-state index in [1.165, 1.54) is 0 Å². The Labute approximate surface area is 241 Å². The molecule has 1 amide bonds. The number of pyridine rings is 1. The highest BCUT2D eigenvalue weighted by Gasteiger charge is 2.32. The van der Waals surface area contributed by atoms with E-state index in [1.54, 1.807) is 12.1 Å². The SMILES string of the molecule is CN(CCc1ccccn1)C[C@@H]1C[C@H](c2ccc(CO)cc2)O[C@H](c2ccc(CNC(=O)c3ccccc3)cc2)O1. The van der Waals surface area contributed by atoms with Crippen LogP contribution in [0.5, 0.6) is 0 Å². The molecule has 7 heteroatoms. The first-order valence-corrected chi connectivity index (χ1v) is 14.1. The Balaban J connectivity index is 1.24. The Kier molecular flexibility index (Phi) is 9.88. The van der Waals surface area contributed by atoms with Crippen LogP contribution in [0.15, 0.2) is 103 Å². The number of amides is 1. The molecule has 1 aliphatic rings. The van der Waals surface area contributed by atoms with Crippen LogP contribution in [-0.4, -0.2) is 47.1 Å². The lowest BCUT2D eigenvalue weighted by molar-refractivity contribution is -0.252. The first-order chi connectivity index (χ1) is 20.1. The predicted octanol–water partition coefficient (Wildman–Crippen LogP) is 5.22. The molecule has 5 rings (SSSR count). The lowest BCUT2D eigenvalue weighted by atomic mass is 9.99. The van der Waals surface area contributed by atoms with Gasteiger partial charge in [-0.1, -0.05) is 72.8 Å². The smallest absolute Gasteiger partial charge is 0.251 e. The molecule has 7 nitrogen and oxygen atoms in total. The summed E-state index contributed by atoms with van der Waals surface area (Å²) in [5, 5.41) is 12.4. The van der Waals surface area contributed by atoms with Crippen LogP contribution in [0.3, 0.4) is 0 Å². The van der Waals surface area contributed by atoms with Crippen molar-refractivity contribution in [2.24, 2.45) is 0 Å². The molecule has 1 aromatic heterocycles. The molecular formula is C34H37N3O4. The van der Waals surface area contributed by atoms with Crippen molar-refractivity contribution < 1.29 is 19.4 Å². The molecule has 41 heavy (non-hydrogen) atoms. The fourth-order valence-corrected chi connectivity index (χ4v) is 4.99. The van der Waals surface area contributed by atoms with E-state index in [1.807, 2.05) is 85.1 Å². The van der Waals surface area contributed by atoms with Gasteiger partial charge in [0.05, 0.1) is 18.8 Å².